The van der Waals surface area contributed by atoms with Crippen molar-refractivity contribution in [2.24, 2.45) is 0 Å². The van der Waals surface area contributed by atoms with Crippen molar-refractivity contribution < 1.29 is 23.1 Å². The van der Waals surface area contributed by atoms with Crippen LogP contribution >= 0.6 is 0 Å². The van der Waals surface area contributed by atoms with Crippen LogP contribution in [0.5, 0.6) is 0 Å². The van der Waals surface area contributed by atoms with Gasteiger partial charge in [0.15, 0.2) is 5.65 Å². The zero-order valence-corrected chi connectivity index (χ0v) is 14.6. The molecule has 0 radical (unpaired) electrons. The van der Waals surface area contributed by atoms with Gasteiger partial charge in [0, 0.05) is 11.4 Å². The molecule has 0 spiro atoms. The van der Waals surface area contributed by atoms with Crippen LogP contribution in [-0.4, -0.2) is 40.0 Å². The van der Waals surface area contributed by atoms with E-state index in [4.69, 9.17) is 5.11 Å². The summed E-state index contributed by atoms with van der Waals surface area (Å²) in [7, 11) is -4.40. The van der Waals surface area contributed by atoms with Gasteiger partial charge in [0.1, 0.15) is 10.5 Å². The first-order valence-electron chi connectivity index (χ1n) is 7.42. The standard InChI is InChI=1S/C16H14N4O5S/c1-9-7-10(2)20-14(18-9)12(8-17-20)15(21)19-26(24,25)13-6-4-3-5-11(13)16(22)23/h3-8H,1-2H3,(H,19,21)(H,22,23). The van der Waals surface area contributed by atoms with Crippen LogP contribution < -0.4 is 4.72 Å². The Morgan fingerprint density at radius 1 is 1.15 bits per heavy atom. The second-order valence-corrected chi connectivity index (χ2v) is 7.22. The van der Waals surface area contributed by atoms with E-state index in [1.807, 2.05) is 4.72 Å². The van der Waals surface area contributed by atoms with Crippen LogP contribution in [0.15, 0.2) is 41.4 Å². The Labute approximate surface area is 148 Å². The molecule has 3 rings (SSSR count). The fourth-order valence-electron chi connectivity index (χ4n) is 2.54. The molecule has 3 aromatic rings. The summed E-state index contributed by atoms with van der Waals surface area (Å²) in [5.74, 6) is -2.36. The van der Waals surface area contributed by atoms with Gasteiger partial charge in [-0.25, -0.2) is 27.4 Å². The molecule has 0 saturated heterocycles. The number of fused-ring (bicyclic) bond motifs is 1. The molecule has 0 aliphatic rings. The van der Waals surface area contributed by atoms with Crippen LogP contribution in [0, 0.1) is 13.8 Å². The predicted molar refractivity (Wildman–Crippen MR) is 90.5 cm³/mol. The van der Waals surface area contributed by atoms with Crippen LogP contribution in [0.4, 0.5) is 0 Å². The van der Waals surface area contributed by atoms with Crippen molar-refractivity contribution in [3.05, 3.63) is 59.0 Å². The lowest BCUT2D eigenvalue weighted by atomic mass is 10.2. The molecule has 26 heavy (non-hydrogen) atoms. The minimum absolute atomic E-state index is 0.0341. The Morgan fingerprint density at radius 2 is 1.85 bits per heavy atom. The Hall–Kier alpha value is -3.27. The molecule has 1 amide bonds. The van der Waals surface area contributed by atoms with Crippen molar-refractivity contribution >= 4 is 27.5 Å². The number of benzene rings is 1. The molecule has 2 aromatic heterocycles. The Bertz CT molecular complexity index is 1150. The number of carboxylic acid groups (broad SMARTS) is 1. The molecule has 0 aliphatic heterocycles. The number of hydrogen-bond donors (Lipinski definition) is 2. The molecular formula is C16H14N4O5S. The number of rotatable bonds is 4. The van der Waals surface area contributed by atoms with Gasteiger partial charge < -0.3 is 5.11 Å². The maximum absolute atomic E-state index is 12.5. The van der Waals surface area contributed by atoms with E-state index in [0.717, 1.165) is 17.8 Å². The molecule has 2 N–H and O–H groups in total. The molecule has 1 aromatic carbocycles. The number of hydrogen-bond acceptors (Lipinski definition) is 6. The Kier molecular flexibility index (Phi) is 4.20. The first kappa shape index (κ1) is 17.5. The third-order valence-electron chi connectivity index (χ3n) is 3.66. The summed E-state index contributed by atoms with van der Waals surface area (Å²) in [6.07, 6.45) is 1.21. The summed E-state index contributed by atoms with van der Waals surface area (Å²) < 4.78 is 28.3. The minimum atomic E-state index is -4.40. The highest BCUT2D eigenvalue weighted by Crippen LogP contribution is 2.17. The van der Waals surface area contributed by atoms with Crippen molar-refractivity contribution in [3.8, 4) is 0 Å². The van der Waals surface area contributed by atoms with Crippen molar-refractivity contribution in [1.29, 1.82) is 0 Å². The highest BCUT2D eigenvalue weighted by Gasteiger charge is 2.26. The van der Waals surface area contributed by atoms with Crippen LogP contribution in [0.1, 0.15) is 32.1 Å². The fraction of sp³-hybridized carbons (Fsp3) is 0.125. The van der Waals surface area contributed by atoms with Crippen LogP contribution in [0.3, 0.4) is 0 Å². The molecule has 0 atom stereocenters. The summed E-state index contributed by atoms with van der Waals surface area (Å²) in [6, 6.07) is 6.79. The summed E-state index contributed by atoms with van der Waals surface area (Å²) in [4.78, 5) is 27.4. The lowest BCUT2D eigenvalue weighted by Gasteiger charge is -2.09. The predicted octanol–water partition coefficient (Wildman–Crippen LogP) is 1.16. The van der Waals surface area contributed by atoms with Gasteiger partial charge in [-0.3, -0.25) is 4.79 Å². The van der Waals surface area contributed by atoms with Gasteiger partial charge in [0.2, 0.25) is 0 Å². The van der Waals surface area contributed by atoms with Gasteiger partial charge >= 0.3 is 5.97 Å². The van der Waals surface area contributed by atoms with Crippen molar-refractivity contribution in [3.63, 3.8) is 0 Å². The van der Waals surface area contributed by atoms with E-state index in [-0.39, 0.29) is 11.2 Å². The van der Waals surface area contributed by atoms with E-state index in [1.54, 1.807) is 19.9 Å². The number of carbonyl (C=O) groups excluding carboxylic acids is 1. The molecule has 134 valence electrons. The number of aromatic carboxylic acids is 1. The van der Waals surface area contributed by atoms with Gasteiger partial charge in [-0.2, -0.15) is 5.10 Å². The summed E-state index contributed by atoms with van der Waals surface area (Å²) in [6.45, 7) is 3.51. The number of carbonyl (C=O) groups is 2. The summed E-state index contributed by atoms with van der Waals surface area (Å²) in [5.41, 5.74) is 1.11. The lowest BCUT2D eigenvalue weighted by molar-refractivity contribution is 0.0692. The number of sulfonamides is 1. The van der Waals surface area contributed by atoms with Gasteiger partial charge in [0.05, 0.1) is 11.8 Å². The molecule has 2 heterocycles. The Balaban J connectivity index is 2.02. The quantitative estimate of drug-likeness (QED) is 0.700. The highest BCUT2D eigenvalue weighted by atomic mass is 32.2. The van der Waals surface area contributed by atoms with Crippen molar-refractivity contribution in [1.82, 2.24) is 19.3 Å². The molecule has 0 unspecified atom stereocenters. The van der Waals surface area contributed by atoms with Gasteiger partial charge in [0.25, 0.3) is 15.9 Å². The van der Waals surface area contributed by atoms with Crippen LogP contribution in [0.2, 0.25) is 0 Å². The van der Waals surface area contributed by atoms with Crippen LogP contribution in [0.25, 0.3) is 5.65 Å². The summed E-state index contributed by atoms with van der Waals surface area (Å²) in [5, 5.41) is 13.2. The molecule has 0 aliphatic carbocycles. The number of nitrogens with one attached hydrogen (secondary N) is 1. The van der Waals surface area contributed by atoms with Crippen LogP contribution in [-0.2, 0) is 10.0 Å². The topological polar surface area (TPSA) is 131 Å². The third-order valence-corrected chi connectivity index (χ3v) is 5.05. The molecule has 10 heteroatoms. The maximum Gasteiger partial charge on any atom is 0.337 e. The maximum atomic E-state index is 12.5. The van der Waals surface area contributed by atoms with E-state index in [9.17, 15) is 18.0 Å². The zero-order chi connectivity index (χ0) is 19.1. The van der Waals surface area contributed by atoms with E-state index in [1.165, 1.54) is 22.8 Å². The monoisotopic (exact) mass is 374 g/mol. The zero-order valence-electron chi connectivity index (χ0n) is 13.8. The summed E-state index contributed by atoms with van der Waals surface area (Å²) >= 11 is 0. The van der Waals surface area contributed by atoms with E-state index in [0.29, 0.717) is 5.69 Å². The second kappa shape index (κ2) is 6.23. The van der Waals surface area contributed by atoms with E-state index < -0.39 is 32.4 Å². The fourth-order valence-corrected chi connectivity index (χ4v) is 3.71. The molecule has 0 bridgehead atoms. The number of carboxylic acids is 1. The molecular weight excluding hydrogens is 360 g/mol. The number of aromatic nitrogens is 3. The second-order valence-electron chi connectivity index (χ2n) is 5.57. The average molecular weight is 374 g/mol. The van der Waals surface area contributed by atoms with Gasteiger partial charge in [-0.15, -0.1) is 0 Å². The van der Waals surface area contributed by atoms with E-state index >= 15 is 0 Å². The van der Waals surface area contributed by atoms with Gasteiger partial charge in [-0.05, 0) is 32.0 Å². The largest absolute Gasteiger partial charge is 0.478 e. The number of nitrogens with zero attached hydrogens (tertiary/aromatic N) is 3. The lowest BCUT2D eigenvalue weighted by Crippen LogP contribution is -2.31. The first-order valence-corrected chi connectivity index (χ1v) is 8.90. The highest BCUT2D eigenvalue weighted by molar-refractivity contribution is 7.90. The number of aryl methyl sites for hydroxylation is 2. The normalized spacial score (nSPS) is 11.5. The first-order chi connectivity index (χ1) is 12.2. The van der Waals surface area contributed by atoms with Crippen molar-refractivity contribution in [2.75, 3.05) is 0 Å². The minimum Gasteiger partial charge on any atom is -0.478 e. The number of amides is 1. The van der Waals surface area contributed by atoms with E-state index in [2.05, 4.69) is 10.1 Å². The molecule has 9 nitrogen and oxygen atoms in total. The van der Waals surface area contributed by atoms with Gasteiger partial charge in [-0.1, -0.05) is 12.1 Å². The SMILES string of the molecule is Cc1cc(C)n2ncc(C(=O)NS(=O)(=O)c3ccccc3C(=O)O)c2n1. The average Bonchev–Trinajstić information content (AvgIpc) is 2.98. The molecule has 0 saturated carbocycles. The van der Waals surface area contributed by atoms with Crippen molar-refractivity contribution in [2.45, 2.75) is 18.7 Å². The smallest absolute Gasteiger partial charge is 0.337 e. The molecule has 0 fully saturated rings. The third kappa shape index (κ3) is 3.02. The Morgan fingerprint density at radius 3 is 2.54 bits per heavy atom.